The molecule has 0 atom stereocenters. The van der Waals surface area contributed by atoms with E-state index in [0.717, 1.165) is 17.6 Å². The summed E-state index contributed by atoms with van der Waals surface area (Å²) in [5.74, 6) is -3.82. The number of azide groups is 1. The fraction of sp³-hybridized carbons (Fsp3) is 0.442. The first kappa shape index (κ1) is 50.0. The summed E-state index contributed by atoms with van der Waals surface area (Å²) < 4.78 is 68.6. The Bertz CT molecular complexity index is 2310. The van der Waals surface area contributed by atoms with Gasteiger partial charge in [-0.25, -0.2) is 18.7 Å². The zero-order valence-electron chi connectivity index (χ0n) is 35.9. The first-order valence-corrected chi connectivity index (χ1v) is 21.7. The van der Waals surface area contributed by atoms with E-state index in [9.17, 15) is 23.2 Å². The van der Waals surface area contributed by atoms with Crippen molar-refractivity contribution in [3.63, 3.8) is 0 Å². The van der Waals surface area contributed by atoms with Crippen LogP contribution in [-0.4, -0.2) is 123 Å². The summed E-state index contributed by atoms with van der Waals surface area (Å²) in [4.78, 5) is 53.9. The number of rotatable bonds is 31. The maximum absolute atomic E-state index is 14.8. The van der Waals surface area contributed by atoms with Crippen LogP contribution in [0, 0.1) is 18.6 Å². The zero-order valence-corrected chi connectivity index (χ0v) is 36.7. The molecule has 3 heterocycles. The Morgan fingerprint density at radius 2 is 1.45 bits per heavy atom. The number of nitrogens with one attached hydrogen (secondary N) is 2. The molecule has 2 N–H and O–H groups in total. The van der Waals surface area contributed by atoms with Crippen molar-refractivity contribution >= 4 is 45.3 Å². The lowest BCUT2D eigenvalue weighted by Gasteiger charge is -2.11. The largest absolute Gasteiger partial charge is 0.420 e. The number of imidazole rings is 1. The van der Waals surface area contributed by atoms with E-state index in [4.69, 9.17) is 38.7 Å². The van der Waals surface area contributed by atoms with Gasteiger partial charge in [-0.05, 0) is 66.9 Å². The van der Waals surface area contributed by atoms with Crippen molar-refractivity contribution in [2.75, 3.05) is 91.1 Å². The normalized spacial score (nSPS) is 11.1. The molecular weight excluding hydrogens is 873 g/mol. The van der Waals surface area contributed by atoms with Gasteiger partial charge in [0.05, 0.1) is 102 Å². The molecule has 65 heavy (non-hydrogen) atoms. The van der Waals surface area contributed by atoms with Crippen molar-refractivity contribution in [3.8, 4) is 17.1 Å². The quantitative estimate of drug-likeness (QED) is 0.0126. The van der Waals surface area contributed by atoms with Crippen LogP contribution in [0.15, 0.2) is 65.2 Å². The average molecular weight is 924 g/mol. The fourth-order valence-electron chi connectivity index (χ4n) is 5.98. The summed E-state index contributed by atoms with van der Waals surface area (Å²) in [6.07, 6.45) is 2.02. The molecule has 0 spiro atoms. The van der Waals surface area contributed by atoms with E-state index in [0.29, 0.717) is 106 Å². The second-order valence-corrected chi connectivity index (χ2v) is 14.7. The van der Waals surface area contributed by atoms with Crippen LogP contribution in [-0.2, 0) is 51.1 Å². The third-order valence-corrected chi connectivity index (χ3v) is 9.87. The zero-order chi connectivity index (χ0) is 46.1. The van der Waals surface area contributed by atoms with Crippen LogP contribution in [0.4, 0.5) is 13.9 Å². The van der Waals surface area contributed by atoms with E-state index in [-0.39, 0.29) is 63.1 Å². The van der Waals surface area contributed by atoms with Gasteiger partial charge in [0, 0.05) is 48.1 Å². The summed E-state index contributed by atoms with van der Waals surface area (Å²) in [6, 6.07) is 12.7. The highest BCUT2D eigenvalue weighted by molar-refractivity contribution is 7.14. The number of halogens is 2. The molecule has 0 saturated heterocycles. The number of amides is 2. The lowest BCUT2D eigenvalue weighted by Crippen LogP contribution is -2.23. The van der Waals surface area contributed by atoms with Crippen LogP contribution < -0.4 is 15.4 Å². The number of aromatic nitrogens is 4. The van der Waals surface area contributed by atoms with Crippen molar-refractivity contribution in [3.05, 3.63) is 99.1 Å². The predicted molar refractivity (Wildman–Crippen MR) is 234 cm³/mol. The number of aryl methyl sites for hydroxylation is 2. The fourth-order valence-corrected chi connectivity index (χ4v) is 6.68. The lowest BCUT2D eigenvalue weighted by molar-refractivity contribution is -0.136. The van der Waals surface area contributed by atoms with E-state index < -0.39 is 23.4 Å². The molecule has 348 valence electrons. The minimum absolute atomic E-state index is 0.0441. The molecule has 0 bridgehead atoms. The number of hydrogen-bond donors (Lipinski definition) is 2. The van der Waals surface area contributed by atoms with E-state index in [2.05, 4.69) is 35.6 Å². The molecule has 2 aromatic carbocycles. The van der Waals surface area contributed by atoms with Gasteiger partial charge in [-0.1, -0.05) is 11.2 Å². The molecule has 2 amide bonds. The molecule has 19 nitrogen and oxygen atoms in total. The molecule has 5 aromatic rings. The van der Waals surface area contributed by atoms with Gasteiger partial charge >= 0.3 is 5.97 Å². The first-order chi connectivity index (χ1) is 31.7. The Kier molecular flexibility index (Phi) is 21.6. The maximum Gasteiger partial charge on any atom is 0.313 e. The van der Waals surface area contributed by atoms with Crippen LogP contribution in [0.3, 0.4) is 0 Å². The second-order valence-electron chi connectivity index (χ2n) is 13.8. The molecule has 22 heteroatoms. The van der Waals surface area contributed by atoms with Gasteiger partial charge < -0.3 is 43.0 Å². The summed E-state index contributed by atoms with van der Waals surface area (Å²) in [5.41, 5.74) is 11.5. The number of esters is 1. The highest BCUT2D eigenvalue weighted by Crippen LogP contribution is 2.26. The van der Waals surface area contributed by atoms with E-state index in [1.54, 1.807) is 24.4 Å². The Labute approximate surface area is 377 Å². The minimum atomic E-state index is -1.08. The van der Waals surface area contributed by atoms with Crippen LogP contribution in [0.2, 0.25) is 0 Å². The minimum Gasteiger partial charge on any atom is -0.420 e. The first-order valence-electron chi connectivity index (χ1n) is 20.8. The van der Waals surface area contributed by atoms with Crippen LogP contribution in [0.25, 0.3) is 32.9 Å². The maximum atomic E-state index is 14.8. The van der Waals surface area contributed by atoms with Crippen molar-refractivity contribution in [2.24, 2.45) is 5.11 Å². The van der Waals surface area contributed by atoms with Crippen molar-refractivity contribution in [1.29, 1.82) is 0 Å². The Morgan fingerprint density at radius 1 is 0.800 bits per heavy atom. The number of carbonyl (C=O) groups excluding carboxylic acids is 3. The second kappa shape index (κ2) is 28.0. The van der Waals surface area contributed by atoms with Gasteiger partial charge in [0.15, 0.2) is 16.8 Å². The van der Waals surface area contributed by atoms with Gasteiger partial charge in [-0.3, -0.25) is 24.7 Å². The van der Waals surface area contributed by atoms with Crippen molar-refractivity contribution in [1.82, 2.24) is 24.8 Å². The van der Waals surface area contributed by atoms with Crippen molar-refractivity contribution in [2.45, 2.75) is 39.3 Å². The number of carbonyl (C=O) groups is 3. The Balaban J connectivity index is 0.896. The Morgan fingerprint density at radius 3 is 2.08 bits per heavy atom. The molecule has 0 radical (unpaired) electrons. The topological polar surface area (TPSA) is 232 Å². The molecule has 0 aliphatic rings. The molecule has 0 unspecified atom stereocenters. The predicted octanol–water partition coefficient (Wildman–Crippen LogP) is 6.20. The van der Waals surface area contributed by atoms with Crippen LogP contribution in [0.5, 0.6) is 5.75 Å². The summed E-state index contributed by atoms with van der Waals surface area (Å²) in [6.45, 7) is 6.31. The van der Waals surface area contributed by atoms with E-state index in [1.165, 1.54) is 11.3 Å². The smallest absolute Gasteiger partial charge is 0.313 e. The van der Waals surface area contributed by atoms with Crippen LogP contribution in [0.1, 0.15) is 41.0 Å². The molecule has 0 fully saturated rings. The molecule has 3 aromatic heterocycles. The third-order valence-electron chi connectivity index (χ3n) is 9.11. The summed E-state index contributed by atoms with van der Waals surface area (Å²) in [5, 5.41) is 11.1. The van der Waals surface area contributed by atoms with Crippen LogP contribution >= 0.6 is 11.3 Å². The summed E-state index contributed by atoms with van der Waals surface area (Å²) in [7, 11) is 0. The molecular formula is C43H51F2N9O10S. The summed E-state index contributed by atoms with van der Waals surface area (Å²) >= 11 is 1.30. The van der Waals surface area contributed by atoms with E-state index in [1.807, 2.05) is 35.1 Å². The van der Waals surface area contributed by atoms with Gasteiger partial charge in [-0.15, -0.1) is 11.3 Å². The monoisotopic (exact) mass is 923 g/mol. The number of benzene rings is 2. The lowest BCUT2D eigenvalue weighted by atomic mass is 10.2. The molecule has 0 saturated carbocycles. The molecule has 0 aliphatic carbocycles. The van der Waals surface area contributed by atoms with E-state index >= 15 is 0 Å². The number of thiazole rings is 1. The Hall–Kier alpha value is -5.97. The number of anilines is 1. The van der Waals surface area contributed by atoms with Crippen molar-refractivity contribution < 1.29 is 56.3 Å². The van der Waals surface area contributed by atoms with Gasteiger partial charge in [-0.2, -0.15) is 0 Å². The average Bonchev–Trinajstić information content (AvgIpc) is 3.90. The number of fused-ring (bicyclic) bond motifs is 1. The van der Waals surface area contributed by atoms with Gasteiger partial charge in [0.25, 0.3) is 5.91 Å². The SMILES string of the molecule is Cc1nc2cc(C(=O)Nc3nc(-c4ccccn4)cs3)ccc2n1CCCC(=O)NCc1cc(F)c(OC(=O)CCOCCOCCOCCOCCOCCOCCN=[N+]=[N-])c(F)c1. The highest BCUT2D eigenvalue weighted by Gasteiger charge is 2.18. The third kappa shape index (κ3) is 17.5. The number of nitrogens with zero attached hydrogens (tertiary/aromatic N) is 7. The number of hydrogen-bond acceptors (Lipinski definition) is 15. The van der Waals surface area contributed by atoms with Gasteiger partial charge in [0.2, 0.25) is 11.7 Å². The molecule has 0 aliphatic heterocycles. The highest BCUT2D eigenvalue weighted by atomic mass is 32.1. The molecule has 5 rings (SSSR count). The standard InChI is InChI=1S/C43H51F2N9O10S/c1-30-50-36-27-32(42(57)52-43-51-37(29-65-43)35-5-2-3-10-47-35)7-8-38(36)54(30)12-4-6-39(55)48-28-31-25-33(44)41(34(45)26-31)64-40(56)9-13-58-15-17-60-19-21-62-23-24-63-22-20-61-18-16-59-14-11-49-53-46/h2-3,5,7-8,10,25-27,29H,4,6,9,11-24,28H2,1H3,(H,48,55)(H,51,52,57). The number of pyridine rings is 1. The van der Waals surface area contributed by atoms with Gasteiger partial charge in [0.1, 0.15) is 11.5 Å². The number of ether oxygens (including phenoxy) is 7.